The number of aliphatic imine (C=N–C) groups is 1. The number of ether oxygens (including phenoxy) is 1. The number of nitrogens with zero attached hydrogens (tertiary/aromatic N) is 2. The smallest absolute Gasteiger partial charge is 0.263 e. The lowest BCUT2D eigenvalue weighted by Gasteiger charge is -2.25. The Morgan fingerprint density at radius 1 is 1.09 bits per heavy atom. The number of rotatable bonds is 7. The van der Waals surface area contributed by atoms with E-state index < -0.39 is 16.1 Å². The van der Waals surface area contributed by atoms with Crippen molar-refractivity contribution in [2.45, 2.75) is 37.8 Å². The molecule has 2 unspecified atom stereocenters. The normalized spacial score (nSPS) is 17.1. The summed E-state index contributed by atoms with van der Waals surface area (Å²) in [5.41, 5.74) is 1.49. The minimum atomic E-state index is -3.67. The van der Waals surface area contributed by atoms with Crippen LogP contribution in [0.3, 0.4) is 0 Å². The Balaban J connectivity index is 1.60. The first-order valence-corrected chi connectivity index (χ1v) is 12.7. The van der Waals surface area contributed by atoms with E-state index >= 15 is 0 Å². The van der Waals surface area contributed by atoms with Gasteiger partial charge in [0.25, 0.3) is 10.0 Å². The van der Waals surface area contributed by atoms with E-state index in [1.165, 1.54) is 0 Å². The molecule has 0 saturated heterocycles. The maximum atomic E-state index is 13.5. The van der Waals surface area contributed by atoms with Crippen LogP contribution >= 0.6 is 0 Å². The summed E-state index contributed by atoms with van der Waals surface area (Å²) in [6.07, 6.45) is 0.729. The molecule has 0 radical (unpaired) electrons. The zero-order chi connectivity index (χ0) is 24.5. The maximum absolute atomic E-state index is 13.5. The molecule has 1 N–H and O–H groups in total. The molecule has 7 nitrogen and oxygen atoms in total. The van der Waals surface area contributed by atoms with Crippen LogP contribution in [0.5, 0.6) is 5.75 Å². The largest absolute Gasteiger partial charge is 0.497 e. The van der Waals surface area contributed by atoms with Crippen LogP contribution in [-0.4, -0.2) is 45.3 Å². The van der Waals surface area contributed by atoms with Gasteiger partial charge in [0.2, 0.25) is 5.91 Å². The molecule has 0 aliphatic carbocycles. The fraction of sp³-hybridized carbons (Fsp3) is 0.308. The highest BCUT2D eigenvalue weighted by Gasteiger charge is 2.33. The number of fused-ring (bicyclic) bond motifs is 2. The Labute approximate surface area is 200 Å². The minimum Gasteiger partial charge on any atom is -0.497 e. The molecule has 0 fully saturated rings. The van der Waals surface area contributed by atoms with E-state index in [0.29, 0.717) is 12.1 Å². The van der Waals surface area contributed by atoms with Crippen molar-refractivity contribution in [3.8, 4) is 5.75 Å². The molecule has 34 heavy (non-hydrogen) atoms. The van der Waals surface area contributed by atoms with Crippen molar-refractivity contribution in [1.82, 2.24) is 9.62 Å². The van der Waals surface area contributed by atoms with Gasteiger partial charge in [-0.25, -0.2) is 8.42 Å². The van der Waals surface area contributed by atoms with Crippen LogP contribution in [0.15, 0.2) is 70.6 Å². The van der Waals surface area contributed by atoms with Gasteiger partial charge in [0.15, 0.2) is 0 Å². The van der Waals surface area contributed by atoms with Crippen molar-refractivity contribution < 1.29 is 17.9 Å². The van der Waals surface area contributed by atoms with E-state index in [2.05, 4.69) is 15.8 Å². The third-order valence-corrected chi connectivity index (χ3v) is 7.67. The summed E-state index contributed by atoms with van der Waals surface area (Å²) in [6.45, 7) is 4.37. The fourth-order valence-electron chi connectivity index (χ4n) is 4.09. The number of hydrogen-bond donors (Lipinski definition) is 1. The van der Waals surface area contributed by atoms with Gasteiger partial charge >= 0.3 is 0 Å². The van der Waals surface area contributed by atoms with Gasteiger partial charge < -0.3 is 9.64 Å². The number of carbonyl (C=O) groups is 1. The number of amidine groups is 1. The molecule has 0 bridgehead atoms. The predicted octanol–water partition coefficient (Wildman–Crippen LogP) is 3.96. The van der Waals surface area contributed by atoms with Crippen molar-refractivity contribution >= 4 is 32.5 Å². The number of likely N-dealkylation sites (N-methyl/N-ethyl adjacent to an activating group) is 1. The van der Waals surface area contributed by atoms with Crippen molar-refractivity contribution in [2.24, 2.45) is 10.9 Å². The number of methoxy groups -OCH3 is 1. The number of carbonyl (C=O) groups excluding carboxylic acids is 1. The van der Waals surface area contributed by atoms with Gasteiger partial charge in [-0.05, 0) is 52.6 Å². The number of sulfonamides is 1. The van der Waals surface area contributed by atoms with Gasteiger partial charge in [0.05, 0.1) is 12.0 Å². The van der Waals surface area contributed by atoms with Crippen LogP contribution in [0.4, 0.5) is 0 Å². The summed E-state index contributed by atoms with van der Waals surface area (Å²) < 4.78 is 32.8. The monoisotopic (exact) mass is 479 g/mol. The first-order chi connectivity index (χ1) is 16.2. The topological polar surface area (TPSA) is 88.1 Å². The molecule has 1 amide bonds. The number of hydrogen-bond acceptors (Lipinski definition) is 5. The molecule has 0 aromatic heterocycles. The highest BCUT2D eigenvalue weighted by Crippen LogP contribution is 2.26. The third-order valence-electron chi connectivity index (χ3n) is 6.27. The number of amides is 1. The Hall–Kier alpha value is -3.39. The molecular formula is C26H29N3O4S. The van der Waals surface area contributed by atoms with E-state index in [1.807, 2.05) is 44.2 Å². The van der Waals surface area contributed by atoms with E-state index in [1.54, 1.807) is 43.3 Å². The van der Waals surface area contributed by atoms with Gasteiger partial charge in [-0.1, -0.05) is 50.6 Å². The third kappa shape index (κ3) is 4.63. The lowest BCUT2D eigenvalue weighted by Crippen LogP contribution is -2.40. The summed E-state index contributed by atoms with van der Waals surface area (Å²) in [5.74, 6) is 0.804. The van der Waals surface area contributed by atoms with Crippen LogP contribution in [-0.2, 0) is 21.4 Å². The van der Waals surface area contributed by atoms with Gasteiger partial charge in [0, 0.05) is 19.2 Å². The van der Waals surface area contributed by atoms with Gasteiger partial charge in [-0.15, -0.1) is 0 Å². The molecule has 4 rings (SSSR count). The van der Waals surface area contributed by atoms with Gasteiger partial charge in [0.1, 0.15) is 17.6 Å². The Morgan fingerprint density at radius 2 is 1.79 bits per heavy atom. The van der Waals surface area contributed by atoms with Crippen LogP contribution in [0.25, 0.3) is 10.8 Å². The SMILES string of the molecule is CCC(C)C(N=C1NS(=O)(=O)c2ccccc21)C(=O)N(C)Cc1ccc2cc(OC)ccc2c1. The second-order valence-corrected chi connectivity index (χ2v) is 10.3. The molecule has 8 heteroatoms. The molecule has 1 aliphatic rings. The molecule has 2 atom stereocenters. The quantitative estimate of drug-likeness (QED) is 0.556. The predicted molar refractivity (Wildman–Crippen MR) is 134 cm³/mol. The summed E-state index contributed by atoms with van der Waals surface area (Å²) >= 11 is 0. The molecular weight excluding hydrogens is 450 g/mol. The molecule has 3 aromatic rings. The molecule has 1 aliphatic heterocycles. The second-order valence-electron chi connectivity index (χ2n) is 8.65. The fourth-order valence-corrected chi connectivity index (χ4v) is 5.33. The number of nitrogens with one attached hydrogen (secondary N) is 1. The van der Waals surface area contributed by atoms with Crippen molar-refractivity contribution in [3.63, 3.8) is 0 Å². The Morgan fingerprint density at radius 3 is 2.53 bits per heavy atom. The molecule has 3 aromatic carbocycles. The van der Waals surface area contributed by atoms with Crippen LogP contribution in [0.2, 0.25) is 0 Å². The van der Waals surface area contributed by atoms with E-state index in [0.717, 1.165) is 28.5 Å². The summed E-state index contributed by atoms with van der Waals surface area (Å²) in [7, 11) is -0.274. The van der Waals surface area contributed by atoms with Crippen molar-refractivity contribution in [3.05, 3.63) is 71.8 Å². The van der Waals surface area contributed by atoms with Crippen molar-refractivity contribution in [1.29, 1.82) is 0 Å². The first-order valence-electron chi connectivity index (χ1n) is 11.2. The minimum absolute atomic E-state index is 0.0659. The summed E-state index contributed by atoms with van der Waals surface area (Å²) in [4.78, 5) is 20.0. The molecule has 0 saturated carbocycles. The molecule has 0 spiro atoms. The Kier molecular flexibility index (Phi) is 6.61. The first kappa shape index (κ1) is 23.8. The highest BCUT2D eigenvalue weighted by atomic mass is 32.2. The number of benzene rings is 3. The van der Waals surface area contributed by atoms with Crippen LogP contribution in [0, 0.1) is 5.92 Å². The average Bonchev–Trinajstić information content (AvgIpc) is 3.11. The zero-order valence-corrected chi connectivity index (χ0v) is 20.6. The standard InChI is InChI=1S/C26H29N3O4S/c1-5-17(2)24(27-25-22-8-6-7-9-23(22)34(31,32)28-25)26(30)29(3)16-18-10-11-20-15-21(33-4)13-12-19(20)14-18/h6-15,17,24H,5,16H2,1-4H3,(H,27,28). The van der Waals surface area contributed by atoms with E-state index in [-0.39, 0.29) is 22.6 Å². The lowest BCUT2D eigenvalue weighted by atomic mass is 9.98. The summed E-state index contributed by atoms with van der Waals surface area (Å²) in [5, 5.41) is 2.13. The maximum Gasteiger partial charge on any atom is 0.263 e. The zero-order valence-electron chi connectivity index (χ0n) is 19.8. The second kappa shape index (κ2) is 9.46. The van der Waals surface area contributed by atoms with Crippen molar-refractivity contribution in [2.75, 3.05) is 14.2 Å². The molecule has 178 valence electrons. The molecule has 1 heterocycles. The van der Waals surface area contributed by atoms with Gasteiger partial charge in [-0.3, -0.25) is 14.5 Å². The van der Waals surface area contributed by atoms with E-state index in [4.69, 9.17) is 4.74 Å². The van der Waals surface area contributed by atoms with Crippen LogP contribution in [0.1, 0.15) is 31.4 Å². The Bertz CT molecular complexity index is 1370. The van der Waals surface area contributed by atoms with E-state index in [9.17, 15) is 13.2 Å². The highest BCUT2D eigenvalue weighted by molar-refractivity contribution is 7.90. The van der Waals surface area contributed by atoms with Crippen LogP contribution < -0.4 is 9.46 Å². The van der Waals surface area contributed by atoms with Gasteiger partial charge in [-0.2, -0.15) is 0 Å². The lowest BCUT2D eigenvalue weighted by molar-refractivity contribution is -0.132. The average molecular weight is 480 g/mol. The summed E-state index contributed by atoms with van der Waals surface area (Å²) in [6, 6.07) is 17.9.